The predicted octanol–water partition coefficient (Wildman–Crippen LogP) is 0.198. The van der Waals surface area contributed by atoms with E-state index in [0.717, 1.165) is 18.5 Å². The average Bonchev–Trinajstić information content (AvgIpc) is 3.13. The summed E-state index contributed by atoms with van der Waals surface area (Å²) in [6.45, 7) is 0.480. The molecule has 5 N–H and O–H groups in total. The average molecular weight is 248 g/mol. The van der Waals surface area contributed by atoms with Gasteiger partial charge in [0, 0.05) is 18.9 Å². The topological polar surface area (TPSA) is 100 Å². The lowest BCUT2D eigenvalue weighted by molar-refractivity contribution is 0.164. The largest absolute Gasteiger partial charge is 0.391 e. The van der Waals surface area contributed by atoms with Gasteiger partial charge in [0.15, 0.2) is 17.3 Å². The highest BCUT2D eigenvalue weighted by atomic mass is 16.3. The molecule has 0 aliphatic heterocycles. The second kappa shape index (κ2) is 4.43. The molecule has 0 radical (unpaired) electrons. The standard InChI is InChI=1S/C11H16N6O/c12-16-9-6-17-4-3-13-11(17)10(15-9)14-5-8(18)7-1-2-7/h3-4,6-8,16,18H,1-2,5,12H2,(H,14,15). The van der Waals surface area contributed by atoms with Gasteiger partial charge in [0.25, 0.3) is 0 Å². The minimum atomic E-state index is -0.323. The summed E-state index contributed by atoms with van der Waals surface area (Å²) in [6.07, 6.45) is 7.17. The number of nitrogens with one attached hydrogen (secondary N) is 2. The molecule has 0 saturated heterocycles. The van der Waals surface area contributed by atoms with Crippen molar-refractivity contribution in [2.75, 3.05) is 17.3 Å². The van der Waals surface area contributed by atoms with Crippen LogP contribution in [0.5, 0.6) is 0 Å². The molecule has 1 unspecified atom stereocenters. The summed E-state index contributed by atoms with van der Waals surface area (Å²) in [5.74, 6) is 6.97. The number of rotatable bonds is 5. The highest BCUT2D eigenvalue weighted by Gasteiger charge is 2.29. The molecule has 2 heterocycles. The summed E-state index contributed by atoms with van der Waals surface area (Å²) >= 11 is 0. The van der Waals surface area contributed by atoms with E-state index in [-0.39, 0.29) is 6.10 Å². The van der Waals surface area contributed by atoms with Crippen LogP contribution in [0.3, 0.4) is 0 Å². The van der Waals surface area contributed by atoms with Crippen LogP contribution in [0.2, 0.25) is 0 Å². The lowest BCUT2D eigenvalue weighted by atomic mass is 10.2. The van der Waals surface area contributed by atoms with E-state index >= 15 is 0 Å². The van der Waals surface area contributed by atoms with Gasteiger partial charge in [0.05, 0.1) is 12.3 Å². The summed E-state index contributed by atoms with van der Waals surface area (Å²) in [7, 11) is 0. The first-order valence-corrected chi connectivity index (χ1v) is 6.00. The molecule has 0 amide bonds. The van der Waals surface area contributed by atoms with E-state index in [1.807, 2.05) is 10.6 Å². The Labute approximate surface area is 104 Å². The predicted molar refractivity (Wildman–Crippen MR) is 68.0 cm³/mol. The van der Waals surface area contributed by atoms with Crippen LogP contribution in [-0.2, 0) is 0 Å². The Morgan fingerprint density at radius 3 is 3.11 bits per heavy atom. The van der Waals surface area contributed by atoms with Crippen LogP contribution in [0, 0.1) is 5.92 Å². The van der Waals surface area contributed by atoms with Gasteiger partial charge in [-0.25, -0.2) is 15.8 Å². The number of nitrogen functional groups attached to an aromatic ring is 1. The molecule has 96 valence electrons. The number of imidazole rings is 1. The number of anilines is 2. The van der Waals surface area contributed by atoms with Crippen molar-refractivity contribution in [3.8, 4) is 0 Å². The first kappa shape index (κ1) is 11.2. The number of nitrogens with two attached hydrogens (primary N) is 1. The number of hydrogen-bond donors (Lipinski definition) is 4. The summed E-state index contributed by atoms with van der Waals surface area (Å²) < 4.78 is 1.83. The minimum Gasteiger partial charge on any atom is -0.391 e. The normalized spacial score (nSPS) is 16.8. The fourth-order valence-electron chi connectivity index (χ4n) is 1.97. The van der Waals surface area contributed by atoms with Gasteiger partial charge in [-0.05, 0) is 18.8 Å². The quantitative estimate of drug-likeness (QED) is 0.445. The molecule has 2 aromatic rings. The van der Waals surface area contributed by atoms with Crippen molar-refractivity contribution in [2.24, 2.45) is 11.8 Å². The van der Waals surface area contributed by atoms with E-state index in [1.54, 1.807) is 12.4 Å². The second-order valence-corrected chi connectivity index (χ2v) is 4.56. The summed E-state index contributed by atoms with van der Waals surface area (Å²) in [5, 5.41) is 13.0. The Balaban J connectivity index is 1.82. The van der Waals surface area contributed by atoms with Gasteiger partial charge in [-0.3, -0.25) is 0 Å². The fourth-order valence-corrected chi connectivity index (χ4v) is 1.97. The van der Waals surface area contributed by atoms with Crippen LogP contribution in [0.4, 0.5) is 11.6 Å². The maximum Gasteiger partial charge on any atom is 0.180 e. The molecular weight excluding hydrogens is 232 g/mol. The van der Waals surface area contributed by atoms with Gasteiger partial charge in [-0.2, -0.15) is 0 Å². The Kier molecular flexibility index (Phi) is 2.77. The van der Waals surface area contributed by atoms with E-state index in [0.29, 0.717) is 24.1 Å². The van der Waals surface area contributed by atoms with Gasteiger partial charge >= 0.3 is 0 Å². The maximum atomic E-state index is 9.84. The molecule has 1 aliphatic rings. The van der Waals surface area contributed by atoms with Gasteiger partial charge in [-0.15, -0.1) is 0 Å². The lowest BCUT2D eigenvalue weighted by Crippen LogP contribution is -2.22. The van der Waals surface area contributed by atoms with Gasteiger partial charge in [-0.1, -0.05) is 0 Å². The number of hydrazine groups is 1. The first-order chi connectivity index (χ1) is 8.78. The summed E-state index contributed by atoms with van der Waals surface area (Å²) in [4.78, 5) is 8.52. The van der Waals surface area contributed by atoms with Crippen molar-refractivity contribution < 1.29 is 5.11 Å². The molecule has 0 aromatic carbocycles. The second-order valence-electron chi connectivity index (χ2n) is 4.56. The molecule has 0 spiro atoms. The van der Waals surface area contributed by atoms with E-state index in [9.17, 15) is 5.11 Å². The van der Waals surface area contributed by atoms with Gasteiger partial charge in [0.1, 0.15) is 0 Å². The molecule has 7 heteroatoms. The SMILES string of the molecule is NNc1cn2ccnc2c(NCC(O)C2CC2)n1. The molecule has 1 fully saturated rings. The highest BCUT2D eigenvalue weighted by Crippen LogP contribution is 2.32. The van der Waals surface area contributed by atoms with Crippen LogP contribution in [0.15, 0.2) is 18.6 Å². The number of nitrogens with zero attached hydrogens (tertiary/aromatic N) is 3. The lowest BCUT2D eigenvalue weighted by Gasteiger charge is -2.12. The number of aliphatic hydroxyl groups excluding tert-OH is 1. The van der Waals surface area contributed by atoms with Gasteiger partial charge in [0.2, 0.25) is 0 Å². The zero-order chi connectivity index (χ0) is 12.5. The van der Waals surface area contributed by atoms with Crippen molar-refractivity contribution >= 4 is 17.3 Å². The molecule has 2 aromatic heterocycles. The number of aliphatic hydroxyl groups is 1. The van der Waals surface area contributed by atoms with E-state index in [4.69, 9.17) is 5.84 Å². The van der Waals surface area contributed by atoms with Gasteiger partial charge < -0.3 is 20.2 Å². The van der Waals surface area contributed by atoms with Crippen molar-refractivity contribution in [3.63, 3.8) is 0 Å². The van der Waals surface area contributed by atoms with Crippen molar-refractivity contribution in [1.82, 2.24) is 14.4 Å². The maximum absolute atomic E-state index is 9.84. The molecule has 0 bridgehead atoms. The molecule has 3 rings (SSSR count). The zero-order valence-electron chi connectivity index (χ0n) is 9.87. The third-order valence-electron chi connectivity index (χ3n) is 3.17. The number of fused-ring (bicyclic) bond motifs is 1. The van der Waals surface area contributed by atoms with Crippen molar-refractivity contribution in [2.45, 2.75) is 18.9 Å². The van der Waals surface area contributed by atoms with E-state index in [1.165, 1.54) is 0 Å². The molecular formula is C11H16N6O. The van der Waals surface area contributed by atoms with Crippen LogP contribution >= 0.6 is 0 Å². The molecule has 1 atom stereocenters. The van der Waals surface area contributed by atoms with E-state index in [2.05, 4.69) is 20.7 Å². The Morgan fingerprint density at radius 1 is 1.56 bits per heavy atom. The summed E-state index contributed by atoms with van der Waals surface area (Å²) in [5.41, 5.74) is 3.23. The number of aromatic nitrogens is 3. The van der Waals surface area contributed by atoms with E-state index < -0.39 is 0 Å². The Bertz CT molecular complexity index is 549. The summed E-state index contributed by atoms with van der Waals surface area (Å²) in [6, 6.07) is 0. The monoisotopic (exact) mass is 248 g/mol. The third kappa shape index (κ3) is 2.09. The zero-order valence-corrected chi connectivity index (χ0v) is 9.87. The molecule has 7 nitrogen and oxygen atoms in total. The van der Waals surface area contributed by atoms with Crippen LogP contribution in [0.1, 0.15) is 12.8 Å². The fraction of sp³-hybridized carbons (Fsp3) is 0.455. The Morgan fingerprint density at radius 2 is 2.39 bits per heavy atom. The molecule has 1 saturated carbocycles. The molecule has 1 aliphatic carbocycles. The van der Waals surface area contributed by atoms with Crippen molar-refractivity contribution in [1.29, 1.82) is 0 Å². The first-order valence-electron chi connectivity index (χ1n) is 6.00. The van der Waals surface area contributed by atoms with Crippen LogP contribution in [-0.4, -0.2) is 32.1 Å². The smallest absolute Gasteiger partial charge is 0.180 e. The number of hydrogen-bond acceptors (Lipinski definition) is 6. The Hall–Kier alpha value is -1.86. The van der Waals surface area contributed by atoms with Crippen LogP contribution in [0.25, 0.3) is 5.65 Å². The highest BCUT2D eigenvalue weighted by molar-refractivity contribution is 5.65. The van der Waals surface area contributed by atoms with Crippen LogP contribution < -0.4 is 16.6 Å². The molecule has 18 heavy (non-hydrogen) atoms. The van der Waals surface area contributed by atoms with Crippen molar-refractivity contribution in [3.05, 3.63) is 18.6 Å². The minimum absolute atomic E-state index is 0.323. The third-order valence-corrected chi connectivity index (χ3v) is 3.17.